The minimum Gasteiger partial charge on any atom is -0.496 e. The van der Waals surface area contributed by atoms with Crippen LogP contribution in [0, 0.1) is 13.8 Å². The molecule has 0 bridgehead atoms. The van der Waals surface area contributed by atoms with Crippen molar-refractivity contribution in [2.45, 2.75) is 33.4 Å². The quantitative estimate of drug-likeness (QED) is 0.883. The van der Waals surface area contributed by atoms with Crippen molar-refractivity contribution in [3.63, 3.8) is 0 Å². The van der Waals surface area contributed by atoms with Gasteiger partial charge in [0, 0.05) is 13.6 Å². The zero-order chi connectivity index (χ0) is 13.9. The Bertz CT molecular complexity index is 442. The second-order valence-corrected chi connectivity index (χ2v) is 4.73. The highest BCUT2D eigenvalue weighted by Crippen LogP contribution is 2.23. The Morgan fingerprint density at radius 1 is 1.39 bits per heavy atom. The van der Waals surface area contributed by atoms with Gasteiger partial charge >= 0.3 is 0 Å². The first-order chi connectivity index (χ1) is 8.36. The summed E-state index contributed by atoms with van der Waals surface area (Å²) < 4.78 is 5.27. The molecule has 0 saturated heterocycles. The van der Waals surface area contributed by atoms with Crippen molar-refractivity contribution in [2.75, 3.05) is 14.2 Å². The number of nitrogens with two attached hydrogens (primary N) is 1. The third-order valence-corrected chi connectivity index (χ3v) is 3.03. The molecule has 0 saturated carbocycles. The molecule has 2 N–H and O–H groups in total. The molecule has 0 aliphatic rings. The summed E-state index contributed by atoms with van der Waals surface area (Å²) in [6, 6.07) is 3.59. The van der Waals surface area contributed by atoms with Crippen LogP contribution in [0.25, 0.3) is 0 Å². The molecular formula is C14H22N2O2. The van der Waals surface area contributed by atoms with Gasteiger partial charge in [-0.15, -0.1) is 0 Å². The van der Waals surface area contributed by atoms with Crippen LogP contribution in [-0.2, 0) is 11.3 Å². The van der Waals surface area contributed by atoms with E-state index in [9.17, 15) is 4.79 Å². The first-order valence-electron chi connectivity index (χ1n) is 6.01. The third-order valence-electron chi connectivity index (χ3n) is 3.03. The van der Waals surface area contributed by atoms with Gasteiger partial charge in [0.2, 0.25) is 5.91 Å². The van der Waals surface area contributed by atoms with E-state index in [2.05, 4.69) is 6.07 Å². The minimum atomic E-state index is -0.463. The summed E-state index contributed by atoms with van der Waals surface area (Å²) in [5, 5.41) is 0. The van der Waals surface area contributed by atoms with Crippen LogP contribution in [0.4, 0.5) is 0 Å². The molecule has 0 aliphatic heterocycles. The average molecular weight is 250 g/mol. The van der Waals surface area contributed by atoms with Gasteiger partial charge in [-0.2, -0.15) is 0 Å². The van der Waals surface area contributed by atoms with Gasteiger partial charge in [-0.25, -0.2) is 0 Å². The zero-order valence-electron chi connectivity index (χ0n) is 11.8. The Morgan fingerprint density at radius 2 is 2.00 bits per heavy atom. The summed E-state index contributed by atoms with van der Waals surface area (Å²) in [6.45, 7) is 6.28. The van der Waals surface area contributed by atoms with Crippen molar-refractivity contribution in [1.82, 2.24) is 4.90 Å². The van der Waals surface area contributed by atoms with Crippen LogP contribution in [0.1, 0.15) is 23.6 Å². The van der Waals surface area contributed by atoms with Gasteiger partial charge in [-0.3, -0.25) is 4.79 Å². The highest BCUT2D eigenvalue weighted by atomic mass is 16.5. The zero-order valence-corrected chi connectivity index (χ0v) is 11.8. The molecule has 0 heterocycles. The van der Waals surface area contributed by atoms with Crippen LogP contribution in [0.15, 0.2) is 12.1 Å². The lowest BCUT2D eigenvalue weighted by atomic mass is 10.0. The summed E-state index contributed by atoms with van der Waals surface area (Å²) >= 11 is 0. The van der Waals surface area contributed by atoms with Gasteiger partial charge in [0.15, 0.2) is 0 Å². The average Bonchev–Trinajstić information content (AvgIpc) is 2.32. The fraction of sp³-hybridized carbons (Fsp3) is 0.500. The smallest absolute Gasteiger partial charge is 0.239 e. The normalized spacial score (nSPS) is 12.1. The Kier molecular flexibility index (Phi) is 4.73. The van der Waals surface area contributed by atoms with Gasteiger partial charge in [0.25, 0.3) is 0 Å². The molecule has 4 heteroatoms. The number of likely N-dealkylation sites (N-methyl/N-ethyl adjacent to an activating group) is 1. The number of hydrogen-bond acceptors (Lipinski definition) is 3. The van der Waals surface area contributed by atoms with Crippen molar-refractivity contribution in [3.05, 3.63) is 28.8 Å². The van der Waals surface area contributed by atoms with Crippen molar-refractivity contribution < 1.29 is 9.53 Å². The van der Waals surface area contributed by atoms with E-state index in [1.54, 1.807) is 26.0 Å². The highest BCUT2D eigenvalue weighted by Gasteiger charge is 2.15. The second kappa shape index (κ2) is 5.87. The third kappa shape index (κ3) is 3.23. The topological polar surface area (TPSA) is 55.6 Å². The van der Waals surface area contributed by atoms with Gasteiger partial charge in [-0.1, -0.05) is 6.07 Å². The maximum atomic E-state index is 11.7. The number of aryl methyl sites for hydroxylation is 2. The van der Waals surface area contributed by atoms with E-state index in [0.717, 1.165) is 22.4 Å². The van der Waals surface area contributed by atoms with E-state index in [-0.39, 0.29) is 5.91 Å². The van der Waals surface area contributed by atoms with Gasteiger partial charge in [0.05, 0.1) is 13.2 Å². The molecule has 100 valence electrons. The predicted molar refractivity (Wildman–Crippen MR) is 72.6 cm³/mol. The fourth-order valence-corrected chi connectivity index (χ4v) is 1.92. The molecule has 1 atom stereocenters. The number of amides is 1. The number of hydrogen-bond donors (Lipinski definition) is 1. The maximum Gasteiger partial charge on any atom is 0.239 e. The van der Waals surface area contributed by atoms with E-state index in [0.29, 0.717) is 6.54 Å². The lowest BCUT2D eigenvalue weighted by Crippen LogP contribution is -2.39. The Balaban J connectivity index is 2.92. The van der Waals surface area contributed by atoms with E-state index >= 15 is 0 Å². The van der Waals surface area contributed by atoms with E-state index in [4.69, 9.17) is 10.5 Å². The molecule has 1 aromatic carbocycles. The molecule has 0 spiro atoms. The molecule has 0 aliphatic carbocycles. The van der Waals surface area contributed by atoms with Crippen LogP contribution < -0.4 is 10.5 Å². The maximum absolute atomic E-state index is 11.7. The molecular weight excluding hydrogens is 228 g/mol. The Labute approximate surface area is 109 Å². The summed E-state index contributed by atoms with van der Waals surface area (Å²) in [5.74, 6) is 0.820. The number of methoxy groups -OCH3 is 1. The minimum absolute atomic E-state index is 0.0529. The SMILES string of the molecule is COc1cc(C)c(CN(C)C(=O)C(C)N)cc1C. The van der Waals surface area contributed by atoms with Crippen LogP contribution in [0.5, 0.6) is 5.75 Å². The number of nitrogens with zero attached hydrogens (tertiary/aromatic N) is 1. The fourth-order valence-electron chi connectivity index (χ4n) is 1.92. The van der Waals surface area contributed by atoms with Crippen molar-refractivity contribution >= 4 is 5.91 Å². The summed E-state index contributed by atoms with van der Waals surface area (Å²) in [6.07, 6.45) is 0. The van der Waals surface area contributed by atoms with Crippen LogP contribution in [0.2, 0.25) is 0 Å². The number of benzene rings is 1. The first-order valence-corrected chi connectivity index (χ1v) is 6.01. The highest BCUT2D eigenvalue weighted by molar-refractivity contribution is 5.80. The lowest BCUT2D eigenvalue weighted by Gasteiger charge is -2.21. The second-order valence-electron chi connectivity index (χ2n) is 4.73. The number of ether oxygens (including phenoxy) is 1. The molecule has 1 aromatic rings. The summed E-state index contributed by atoms with van der Waals surface area (Å²) in [7, 11) is 3.43. The van der Waals surface area contributed by atoms with E-state index < -0.39 is 6.04 Å². The van der Waals surface area contributed by atoms with E-state index in [1.165, 1.54) is 0 Å². The first kappa shape index (κ1) is 14.5. The number of carbonyl (C=O) groups excluding carboxylic acids is 1. The van der Waals surface area contributed by atoms with Crippen LogP contribution in [-0.4, -0.2) is 31.0 Å². The molecule has 0 radical (unpaired) electrons. The van der Waals surface area contributed by atoms with Crippen molar-refractivity contribution in [3.8, 4) is 5.75 Å². The monoisotopic (exact) mass is 250 g/mol. The predicted octanol–water partition coefficient (Wildman–Crippen LogP) is 1.62. The van der Waals surface area contributed by atoms with Gasteiger partial charge < -0.3 is 15.4 Å². The number of rotatable bonds is 4. The Morgan fingerprint density at radius 3 is 2.50 bits per heavy atom. The van der Waals surface area contributed by atoms with Crippen molar-refractivity contribution in [1.29, 1.82) is 0 Å². The van der Waals surface area contributed by atoms with Crippen LogP contribution >= 0.6 is 0 Å². The molecule has 1 unspecified atom stereocenters. The molecule has 1 amide bonds. The largest absolute Gasteiger partial charge is 0.496 e. The number of carbonyl (C=O) groups is 1. The van der Waals surface area contributed by atoms with Crippen LogP contribution in [0.3, 0.4) is 0 Å². The van der Waals surface area contributed by atoms with Gasteiger partial charge in [-0.05, 0) is 43.5 Å². The molecule has 1 rings (SSSR count). The molecule has 0 fully saturated rings. The summed E-state index contributed by atoms with van der Waals surface area (Å²) in [4.78, 5) is 13.4. The van der Waals surface area contributed by atoms with Gasteiger partial charge in [0.1, 0.15) is 5.75 Å². The van der Waals surface area contributed by atoms with Crippen molar-refractivity contribution in [2.24, 2.45) is 5.73 Å². The standard InChI is InChI=1S/C14H22N2O2/c1-9-7-13(18-5)10(2)6-12(9)8-16(4)14(17)11(3)15/h6-7,11H,8,15H2,1-5H3. The van der Waals surface area contributed by atoms with E-state index in [1.807, 2.05) is 19.9 Å². The molecule has 0 aromatic heterocycles. The molecule has 18 heavy (non-hydrogen) atoms. The Hall–Kier alpha value is -1.55. The lowest BCUT2D eigenvalue weighted by molar-refractivity contribution is -0.131. The molecule has 4 nitrogen and oxygen atoms in total. The summed E-state index contributed by atoms with van der Waals surface area (Å²) in [5.41, 5.74) is 8.89.